The van der Waals surface area contributed by atoms with E-state index in [4.69, 9.17) is 5.73 Å². The lowest BCUT2D eigenvalue weighted by atomic mass is 10.1. The number of amides is 1. The molecule has 0 saturated carbocycles. The van der Waals surface area contributed by atoms with Crippen LogP contribution in [0.5, 0.6) is 0 Å². The monoisotopic (exact) mass is 258 g/mol. The standard InChI is InChI=1S/C15H15FN2O/c1-10(13-7-2-3-8-14(13)16)18-12-6-4-5-11(9-12)15(17)19/h2-10,18H,1H3,(H2,17,19)/t10-/m1/s1. The molecule has 4 heteroatoms. The molecule has 0 aliphatic rings. The van der Waals surface area contributed by atoms with E-state index in [2.05, 4.69) is 5.32 Å². The highest BCUT2D eigenvalue weighted by molar-refractivity contribution is 5.93. The van der Waals surface area contributed by atoms with E-state index in [1.165, 1.54) is 6.07 Å². The molecular formula is C15H15FN2O. The molecule has 0 spiro atoms. The van der Waals surface area contributed by atoms with Crippen molar-refractivity contribution in [1.29, 1.82) is 0 Å². The normalized spacial score (nSPS) is 11.9. The van der Waals surface area contributed by atoms with Crippen molar-refractivity contribution in [3.05, 3.63) is 65.5 Å². The highest BCUT2D eigenvalue weighted by Crippen LogP contribution is 2.22. The van der Waals surface area contributed by atoms with Crippen LogP contribution < -0.4 is 11.1 Å². The Bertz CT molecular complexity index is 598. The Hall–Kier alpha value is -2.36. The van der Waals surface area contributed by atoms with Gasteiger partial charge in [0.15, 0.2) is 0 Å². The molecule has 19 heavy (non-hydrogen) atoms. The van der Waals surface area contributed by atoms with Gasteiger partial charge in [-0.1, -0.05) is 24.3 Å². The van der Waals surface area contributed by atoms with Gasteiger partial charge in [0.2, 0.25) is 5.91 Å². The fourth-order valence-corrected chi connectivity index (χ4v) is 1.92. The average molecular weight is 258 g/mol. The van der Waals surface area contributed by atoms with Gasteiger partial charge in [0, 0.05) is 16.8 Å². The van der Waals surface area contributed by atoms with E-state index in [1.54, 1.807) is 36.4 Å². The lowest BCUT2D eigenvalue weighted by molar-refractivity contribution is 0.100. The van der Waals surface area contributed by atoms with Crippen LogP contribution in [0.3, 0.4) is 0 Å². The van der Waals surface area contributed by atoms with Crippen molar-refractivity contribution in [2.45, 2.75) is 13.0 Å². The maximum atomic E-state index is 13.6. The smallest absolute Gasteiger partial charge is 0.248 e. The number of hydrogen-bond donors (Lipinski definition) is 2. The van der Waals surface area contributed by atoms with E-state index in [9.17, 15) is 9.18 Å². The molecular weight excluding hydrogens is 243 g/mol. The molecule has 0 fully saturated rings. The molecule has 0 heterocycles. The molecule has 98 valence electrons. The third-order valence-electron chi connectivity index (χ3n) is 2.90. The van der Waals surface area contributed by atoms with Crippen LogP contribution >= 0.6 is 0 Å². The second-order valence-electron chi connectivity index (χ2n) is 4.33. The summed E-state index contributed by atoms with van der Waals surface area (Å²) in [6.45, 7) is 1.86. The summed E-state index contributed by atoms with van der Waals surface area (Å²) in [5.41, 5.74) is 6.95. The van der Waals surface area contributed by atoms with Crippen molar-refractivity contribution in [1.82, 2.24) is 0 Å². The van der Waals surface area contributed by atoms with Gasteiger partial charge in [-0.05, 0) is 31.2 Å². The summed E-state index contributed by atoms with van der Waals surface area (Å²) in [7, 11) is 0. The second kappa shape index (κ2) is 5.52. The molecule has 2 aromatic carbocycles. The van der Waals surface area contributed by atoms with Gasteiger partial charge in [-0.15, -0.1) is 0 Å². The quantitative estimate of drug-likeness (QED) is 0.885. The zero-order chi connectivity index (χ0) is 13.8. The number of nitrogens with one attached hydrogen (secondary N) is 1. The fraction of sp³-hybridized carbons (Fsp3) is 0.133. The Labute approximate surface area is 111 Å². The summed E-state index contributed by atoms with van der Waals surface area (Å²) in [5, 5.41) is 3.15. The van der Waals surface area contributed by atoms with Crippen molar-refractivity contribution in [3.63, 3.8) is 0 Å². The molecule has 2 aromatic rings. The lowest BCUT2D eigenvalue weighted by Crippen LogP contribution is -2.12. The number of carbonyl (C=O) groups is 1. The maximum absolute atomic E-state index is 13.6. The Morgan fingerprint density at radius 2 is 1.95 bits per heavy atom. The van der Waals surface area contributed by atoms with Crippen molar-refractivity contribution >= 4 is 11.6 Å². The molecule has 1 amide bonds. The van der Waals surface area contributed by atoms with E-state index < -0.39 is 5.91 Å². The van der Waals surface area contributed by atoms with Crippen molar-refractivity contribution in [2.75, 3.05) is 5.32 Å². The Morgan fingerprint density at radius 3 is 2.63 bits per heavy atom. The van der Waals surface area contributed by atoms with Gasteiger partial charge in [-0.3, -0.25) is 4.79 Å². The first-order valence-corrected chi connectivity index (χ1v) is 5.99. The Morgan fingerprint density at radius 1 is 1.21 bits per heavy atom. The summed E-state index contributed by atoms with van der Waals surface area (Å²) >= 11 is 0. The molecule has 1 atom stereocenters. The van der Waals surface area contributed by atoms with Crippen molar-refractivity contribution in [3.8, 4) is 0 Å². The topological polar surface area (TPSA) is 55.1 Å². The number of nitrogens with two attached hydrogens (primary N) is 1. The Kier molecular flexibility index (Phi) is 3.80. The van der Waals surface area contributed by atoms with Crippen molar-refractivity contribution in [2.24, 2.45) is 5.73 Å². The summed E-state index contributed by atoms with van der Waals surface area (Å²) < 4.78 is 13.6. The van der Waals surface area contributed by atoms with Crippen LogP contribution in [-0.2, 0) is 0 Å². The maximum Gasteiger partial charge on any atom is 0.248 e. The molecule has 0 aliphatic carbocycles. The van der Waals surface area contributed by atoms with Crippen LogP contribution in [0.25, 0.3) is 0 Å². The molecule has 0 unspecified atom stereocenters. The third-order valence-corrected chi connectivity index (χ3v) is 2.90. The fourth-order valence-electron chi connectivity index (χ4n) is 1.92. The number of benzene rings is 2. The van der Waals surface area contributed by atoms with E-state index >= 15 is 0 Å². The van der Waals surface area contributed by atoms with Gasteiger partial charge in [0.05, 0.1) is 6.04 Å². The number of primary amides is 1. The molecule has 2 rings (SSSR count). The number of anilines is 1. The van der Waals surface area contributed by atoms with Gasteiger partial charge >= 0.3 is 0 Å². The number of hydrogen-bond acceptors (Lipinski definition) is 2. The van der Waals surface area contributed by atoms with E-state index in [-0.39, 0.29) is 11.9 Å². The van der Waals surface area contributed by atoms with Gasteiger partial charge in [0.25, 0.3) is 0 Å². The van der Waals surface area contributed by atoms with Crippen molar-refractivity contribution < 1.29 is 9.18 Å². The second-order valence-corrected chi connectivity index (χ2v) is 4.33. The van der Waals surface area contributed by atoms with E-state index in [1.807, 2.05) is 13.0 Å². The van der Waals surface area contributed by atoms with Gasteiger partial charge < -0.3 is 11.1 Å². The molecule has 3 nitrogen and oxygen atoms in total. The van der Waals surface area contributed by atoms with Gasteiger partial charge in [-0.25, -0.2) is 4.39 Å². The summed E-state index contributed by atoms with van der Waals surface area (Å²) in [6, 6.07) is 13.2. The molecule has 0 bridgehead atoms. The first-order chi connectivity index (χ1) is 9.08. The van der Waals surface area contributed by atoms with Gasteiger partial charge in [-0.2, -0.15) is 0 Å². The highest BCUT2D eigenvalue weighted by atomic mass is 19.1. The first-order valence-electron chi connectivity index (χ1n) is 5.99. The number of halogens is 1. The summed E-state index contributed by atoms with van der Waals surface area (Å²) in [5.74, 6) is -0.740. The van der Waals surface area contributed by atoms with Crippen LogP contribution in [0.2, 0.25) is 0 Å². The minimum Gasteiger partial charge on any atom is -0.378 e. The molecule has 0 saturated heterocycles. The predicted molar refractivity (Wildman–Crippen MR) is 73.4 cm³/mol. The highest BCUT2D eigenvalue weighted by Gasteiger charge is 2.10. The minimum absolute atomic E-state index is 0.204. The Balaban J connectivity index is 2.19. The molecule has 3 N–H and O–H groups in total. The first kappa shape index (κ1) is 13.1. The minimum atomic E-state index is -0.484. The molecule has 0 aliphatic heterocycles. The summed E-state index contributed by atoms with van der Waals surface area (Å²) in [4.78, 5) is 11.1. The summed E-state index contributed by atoms with van der Waals surface area (Å²) in [6.07, 6.45) is 0. The SMILES string of the molecule is C[C@@H](Nc1cccc(C(N)=O)c1)c1ccccc1F. The van der Waals surface area contributed by atoms with Crippen LogP contribution in [0.4, 0.5) is 10.1 Å². The largest absolute Gasteiger partial charge is 0.378 e. The zero-order valence-corrected chi connectivity index (χ0v) is 10.6. The lowest BCUT2D eigenvalue weighted by Gasteiger charge is -2.16. The number of carbonyl (C=O) groups excluding carboxylic acids is 1. The van der Waals surface area contributed by atoms with Crippen LogP contribution in [0, 0.1) is 5.82 Å². The van der Waals surface area contributed by atoms with Gasteiger partial charge in [0.1, 0.15) is 5.82 Å². The predicted octanol–water partition coefficient (Wildman–Crippen LogP) is 3.10. The van der Waals surface area contributed by atoms with E-state index in [0.29, 0.717) is 11.1 Å². The molecule has 0 radical (unpaired) electrons. The third kappa shape index (κ3) is 3.10. The molecule has 0 aromatic heterocycles. The van der Waals surface area contributed by atoms with Crippen LogP contribution in [-0.4, -0.2) is 5.91 Å². The van der Waals surface area contributed by atoms with E-state index in [0.717, 1.165) is 5.69 Å². The number of rotatable bonds is 4. The average Bonchev–Trinajstić information content (AvgIpc) is 2.39. The van der Waals surface area contributed by atoms with Crippen LogP contribution in [0.1, 0.15) is 28.9 Å². The van der Waals surface area contributed by atoms with Crippen LogP contribution in [0.15, 0.2) is 48.5 Å². The zero-order valence-electron chi connectivity index (χ0n) is 10.6.